The number of pyridine rings is 1. The summed E-state index contributed by atoms with van der Waals surface area (Å²) in [7, 11) is 0. The molecule has 2 aromatic rings. The Morgan fingerprint density at radius 3 is 2.96 bits per heavy atom. The highest BCUT2D eigenvalue weighted by Crippen LogP contribution is 2.29. The number of carbonyl (C=O) groups excluding carboxylic acids is 2. The van der Waals surface area contributed by atoms with Crippen LogP contribution < -0.4 is 5.32 Å². The molecule has 1 N–H and O–H groups in total. The molecule has 2 atom stereocenters. The maximum Gasteiger partial charge on any atom is 0.341 e. The van der Waals surface area contributed by atoms with Crippen LogP contribution in [0.15, 0.2) is 30.7 Å². The number of rotatable bonds is 5. The van der Waals surface area contributed by atoms with Crippen LogP contribution >= 0.6 is 11.6 Å². The Morgan fingerprint density at radius 2 is 2.19 bits per heavy atom. The zero-order valence-electron chi connectivity index (χ0n) is 14.5. The van der Waals surface area contributed by atoms with Gasteiger partial charge >= 0.3 is 5.97 Å². The summed E-state index contributed by atoms with van der Waals surface area (Å²) in [6.07, 6.45) is 8.48. The van der Waals surface area contributed by atoms with Crippen LogP contribution in [0.5, 0.6) is 0 Å². The van der Waals surface area contributed by atoms with E-state index in [2.05, 4.69) is 15.4 Å². The Balaban J connectivity index is 1.74. The zero-order chi connectivity index (χ0) is 18.5. The first-order valence-electron chi connectivity index (χ1n) is 8.72. The summed E-state index contributed by atoms with van der Waals surface area (Å²) < 4.78 is 6.76. The maximum absolute atomic E-state index is 12.5. The molecule has 8 heteroatoms. The molecule has 0 unspecified atom stereocenters. The normalized spacial score (nSPS) is 19.8. The zero-order valence-corrected chi connectivity index (χ0v) is 15.3. The molecule has 0 bridgehead atoms. The van der Waals surface area contributed by atoms with Gasteiger partial charge in [-0.1, -0.05) is 24.4 Å². The van der Waals surface area contributed by atoms with Crippen molar-refractivity contribution in [2.45, 2.75) is 44.7 Å². The van der Waals surface area contributed by atoms with E-state index >= 15 is 0 Å². The average molecular weight is 377 g/mol. The van der Waals surface area contributed by atoms with E-state index < -0.39 is 5.97 Å². The Hall–Kier alpha value is -2.41. The Labute approximate surface area is 156 Å². The molecule has 1 aliphatic carbocycles. The van der Waals surface area contributed by atoms with Crippen molar-refractivity contribution in [1.82, 2.24) is 20.1 Å². The second-order valence-corrected chi connectivity index (χ2v) is 6.66. The number of hydrogen-bond acceptors (Lipinski definition) is 5. The lowest BCUT2D eigenvalue weighted by Crippen LogP contribution is -2.43. The van der Waals surface area contributed by atoms with Gasteiger partial charge in [0.2, 0.25) is 0 Å². The van der Waals surface area contributed by atoms with Crippen LogP contribution in [0.4, 0.5) is 0 Å². The molecule has 1 aliphatic rings. The number of ether oxygens (including phenoxy) is 1. The van der Waals surface area contributed by atoms with Crippen molar-refractivity contribution in [3.8, 4) is 0 Å². The SMILES string of the molecule is CCOC(=O)c1cnn([C@@H]2CCCC[C@H]2NC(=O)c2cc(Cl)ccn2)c1. The Morgan fingerprint density at radius 1 is 1.38 bits per heavy atom. The summed E-state index contributed by atoms with van der Waals surface area (Å²) in [5.41, 5.74) is 0.702. The minimum absolute atomic E-state index is 0.0185. The summed E-state index contributed by atoms with van der Waals surface area (Å²) in [6.45, 7) is 2.08. The predicted octanol–water partition coefficient (Wildman–Crippen LogP) is 3.02. The third-order valence-corrected chi connectivity index (χ3v) is 4.69. The number of carbonyl (C=O) groups is 2. The van der Waals surface area contributed by atoms with E-state index in [0.29, 0.717) is 17.2 Å². The van der Waals surface area contributed by atoms with Crippen molar-refractivity contribution in [2.24, 2.45) is 0 Å². The summed E-state index contributed by atoms with van der Waals surface area (Å²) in [4.78, 5) is 28.4. The maximum atomic E-state index is 12.5. The molecule has 1 amide bonds. The van der Waals surface area contributed by atoms with Crippen LogP contribution in [-0.4, -0.2) is 39.3 Å². The van der Waals surface area contributed by atoms with Crippen molar-refractivity contribution in [2.75, 3.05) is 6.61 Å². The van der Waals surface area contributed by atoms with Gasteiger partial charge in [0, 0.05) is 17.4 Å². The third kappa shape index (κ3) is 4.22. The number of nitrogens with one attached hydrogen (secondary N) is 1. The Kier molecular flexibility index (Phi) is 5.88. The number of aromatic nitrogens is 3. The fourth-order valence-electron chi connectivity index (χ4n) is 3.21. The first-order valence-corrected chi connectivity index (χ1v) is 9.10. The van der Waals surface area contributed by atoms with Gasteiger partial charge in [0.15, 0.2) is 0 Å². The fourth-order valence-corrected chi connectivity index (χ4v) is 3.37. The number of amides is 1. The molecule has 3 rings (SSSR count). The van der Waals surface area contributed by atoms with Gasteiger partial charge in [-0.05, 0) is 31.9 Å². The van der Waals surface area contributed by atoms with Gasteiger partial charge in [-0.3, -0.25) is 14.5 Å². The highest BCUT2D eigenvalue weighted by atomic mass is 35.5. The first kappa shape index (κ1) is 18.4. The molecular formula is C18H21ClN4O3. The van der Waals surface area contributed by atoms with Gasteiger partial charge in [-0.15, -0.1) is 0 Å². The lowest BCUT2D eigenvalue weighted by atomic mass is 9.90. The minimum Gasteiger partial charge on any atom is -0.462 e. The van der Waals surface area contributed by atoms with Gasteiger partial charge in [0.05, 0.1) is 30.5 Å². The van der Waals surface area contributed by atoms with Crippen molar-refractivity contribution in [1.29, 1.82) is 0 Å². The standard InChI is InChI=1S/C18H21ClN4O3/c1-2-26-18(25)12-10-21-23(11-12)16-6-4-3-5-14(16)22-17(24)15-9-13(19)7-8-20-15/h7-11,14,16H,2-6H2,1H3,(H,22,24)/t14-,16-/m1/s1. The van der Waals surface area contributed by atoms with Crippen LogP contribution in [0.3, 0.4) is 0 Å². The van der Waals surface area contributed by atoms with E-state index in [0.717, 1.165) is 25.7 Å². The highest BCUT2D eigenvalue weighted by Gasteiger charge is 2.29. The fraction of sp³-hybridized carbons (Fsp3) is 0.444. The summed E-state index contributed by atoms with van der Waals surface area (Å²) in [5, 5.41) is 7.82. The van der Waals surface area contributed by atoms with Gasteiger partial charge < -0.3 is 10.1 Å². The molecule has 1 fully saturated rings. The van der Waals surface area contributed by atoms with E-state index in [-0.39, 0.29) is 23.7 Å². The minimum atomic E-state index is -0.390. The second kappa shape index (κ2) is 8.31. The van der Waals surface area contributed by atoms with Gasteiger partial charge in [0.25, 0.3) is 5.91 Å². The highest BCUT2D eigenvalue weighted by molar-refractivity contribution is 6.30. The molecule has 1 saturated carbocycles. The number of halogens is 1. The van der Waals surface area contributed by atoms with E-state index in [4.69, 9.17) is 16.3 Å². The monoisotopic (exact) mass is 376 g/mol. The molecule has 0 spiro atoms. The lowest BCUT2D eigenvalue weighted by Gasteiger charge is -2.32. The van der Waals surface area contributed by atoms with E-state index in [1.54, 1.807) is 29.9 Å². The van der Waals surface area contributed by atoms with Crippen molar-refractivity contribution < 1.29 is 14.3 Å². The van der Waals surface area contributed by atoms with E-state index in [9.17, 15) is 9.59 Å². The molecule has 138 valence electrons. The van der Waals surface area contributed by atoms with Crippen LogP contribution in [0.25, 0.3) is 0 Å². The first-order chi connectivity index (χ1) is 12.6. The number of esters is 1. The summed E-state index contributed by atoms with van der Waals surface area (Å²) in [5.74, 6) is -0.652. The average Bonchev–Trinajstić information content (AvgIpc) is 3.12. The summed E-state index contributed by atoms with van der Waals surface area (Å²) in [6, 6.07) is 3.06. The van der Waals surface area contributed by atoms with Crippen molar-refractivity contribution in [3.63, 3.8) is 0 Å². The van der Waals surface area contributed by atoms with E-state index in [1.807, 2.05) is 0 Å². The van der Waals surface area contributed by atoms with Crippen LogP contribution in [0.1, 0.15) is 59.5 Å². The molecule has 0 saturated heterocycles. The summed E-state index contributed by atoms with van der Waals surface area (Å²) >= 11 is 5.94. The Bertz CT molecular complexity index is 792. The van der Waals surface area contributed by atoms with Crippen LogP contribution in [0.2, 0.25) is 5.02 Å². The quantitative estimate of drug-likeness (QED) is 0.810. The van der Waals surface area contributed by atoms with Gasteiger partial charge in [-0.2, -0.15) is 5.10 Å². The lowest BCUT2D eigenvalue weighted by molar-refractivity contribution is 0.0525. The van der Waals surface area contributed by atoms with Crippen molar-refractivity contribution >= 4 is 23.5 Å². The molecule has 0 radical (unpaired) electrons. The number of hydrogen-bond donors (Lipinski definition) is 1. The molecule has 0 aliphatic heterocycles. The number of nitrogens with zero attached hydrogens (tertiary/aromatic N) is 3. The van der Waals surface area contributed by atoms with Crippen LogP contribution in [0, 0.1) is 0 Å². The smallest absolute Gasteiger partial charge is 0.341 e. The predicted molar refractivity (Wildman–Crippen MR) is 96.2 cm³/mol. The molecule has 0 aromatic carbocycles. The molecule has 26 heavy (non-hydrogen) atoms. The largest absolute Gasteiger partial charge is 0.462 e. The second-order valence-electron chi connectivity index (χ2n) is 6.22. The van der Waals surface area contributed by atoms with Crippen molar-refractivity contribution in [3.05, 3.63) is 47.0 Å². The van der Waals surface area contributed by atoms with Gasteiger partial charge in [0.1, 0.15) is 5.69 Å². The molecular weight excluding hydrogens is 356 g/mol. The van der Waals surface area contributed by atoms with Crippen LogP contribution in [-0.2, 0) is 4.74 Å². The van der Waals surface area contributed by atoms with E-state index in [1.165, 1.54) is 12.4 Å². The third-order valence-electron chi connectivity index (χ3n) is 4.45. The molecule has 2 heterocycles. The molecule has 7 nitrogen and oxygen atoms in total. The topological polar surface area (TPSA) is 86.1 Å². The molecule has 2 aromatic heterocycles. The van der Waals surface area contributed by atoms with Gasteiger partial charge in [-0.25, -0.2) is 4.79 Å².